The zero-order valence-corrected chi connectivity index (χ0v) is 7.75. The maximum Gasteiger partial charge on any atom is 0.291 e. The van der Waals surface area contributed by atoms with Gasteiger partial charge < -0.3 is 5.11 Å². The predicted molar refractivity (Wildman–Crippen MR) is 43.8 cm³/mol. The molecule has 1 aromatic heterocycles. The molecule has 12 heavy (non-hydrogen) atoms. The summed E-state index contributed by atoms with van der Waals surface area (Å²) in [5.74, 6) is 0.232. The van der Waals surface area contributed by atoms with Gasteiger partial charge in [0, 0.05) is 0 Å². The Morgan fingerprint density at radius 3 is 2.92 bits per heavy atom. The molecule has 0 spiro atoms. The Morgan fingerprint density at radius 2 is 2.50 bits per heavy atom. The van der Waals surface area contributed by atoms with Crippen LogP contribution in [-0.2, 0) is 14.1 Å². The zero-order chi connectivity index (χ0) is 9.14. The summed E-state index contributed by atoms with van der Waals surface area (Å²) in [4.78, 5) is 3.57. The molecular weight excluding hydrogens is 178 g/mol. The SMILES string of the molecule is Cn1cc[n+](C)c1/C([O-])=N/CCl. The van der Waals surface area contributed by atoms with Gasteiger partial charge in [-0.15, -0.1) is 11.6 Å². The summed E-state index contributed by atoms with van der Waals surface area (Å²) in [6.45, 7) is 0. The van der Waals surface area contributed by atoms with Crippen LogP contribution in [0, 0.1) is 0 Å². The number of imidazole rings is 1. The van der Waals surface area contributed by atoms with Gasteiger partial charge in [0.1, 0.15) is 18.4 Å². The number of hydrogen-bond donors (Lipinski definition) is 0. The monoisotopic (exact) mass is 187 g/mol. The van der Waals surface area contributed by atoms with Crippen LogP contribution in [-0.4, -0.2) is 16.5 Å². The maximum atomic E-state index is 11.3. The molecule has 4 nitrogen and oxygen atoms in total. The van der Waals surface area contributed by atoms with E-state index >= 15 is 0 Å². The average molecular weight is 188 g/mol. The molecule has 0 amide bonds. The van der Waals surface area contributed by atoms with Gasteiger partial charge in [0.25, 0.3) is 5.82 Å². The smallest absolute Gasteiger partial charge is 0.291 e. The van der Waals surface area contributed by atoms with Crippen LogP contribution in [0.2, 0.25) is 0 Å². The molecule has 0 unspecified atom stereocenters. The molecule has 66 valence electrons. The minimum absolute atomic E-state index is 0.00398. The average Bonchev–Trinajstić information content (AvgIpc) is 2.32. The van der Waals surface area contributed by atoms with Gasteiger partial charge in [-0.3, -0.25) is 4.99 Å². The van der Waals surface area contributed by atoms with Crippen LogP contribution in [0.15, 0.2) is 17.4 Å². The molecule has 0 saturated heterocycles. The molecule has 1 aromatic rings. The highest BCUT2D eigenvalue weighted by molar-refractivity contribution is 6.18. The van der Waals surface area contributed by atoms with Crippen molar-refractivity contribution >= 4 is 17.5 Å². The third kappa shape index (κ3) is 1.58. The maximum absolute atomic E-state index is 11.3. The van der Waals surface area contributed by atoms with Crippen molar-refractivity contribution in [2.45, 2.75) is 0 Å². The minimum atomic E-state index is -0.292. The van der Waals surface area contributed by atoms with Crippen LogP contribution in [0.4, 0.5) is 0 Å². The van der Waals surface area contributed by atoms with Crippen molar-refractivity contribution < 1.29 is 9.67 Å². The summed E-state index contributed by atoms with van der Waals surface area (Å²) in [7, 11) is 3.58. The number of rotatable bonds is 2. The molecule has 0 N–H and O–H groups in total. The van der Waals surface area contributed by atoms with E-state index in [1.165, 1.54) is 0 Å². The highest BCUT2D eigenvalue weighted by atomic mass is 35.5. The fraction of sp³-hybridized carbons (Fsp3) is 0.429. The Morgan fingerprint density at radius 1 is 1.83 bits per heavy atom. The lowest BCUT2D eigenvalue weighted by Crippen LogP contribution is -2.40. The van der Waals surface area contributed by atoms with Crippen molar-refractivity contribution in [1.29, 1.82) is 0 Å². The molecule has 1 heterocycles. The van der Waals surface area contributed by atoms with Crippen LogP contribution in [0.25, 0.3) is 0 Å². The lowest BCUT2D eigenvalue weighted by atomic mass is 10.6. The van der Waals surface area contributed by atoms with Gasteiger partial charge in [-0.25, -0.2) is 9.13 Å². The van der Waals surface area contributed by atoms with E-state index in [0.29, 0.717) is 5.82 Å². The van der Waals surface area contributed by atoms with Crippen LogP contribution < -0.4 is 9.67 Å². The van der Waals surface area contributed by atoms with Gasteiger partial charge in [0.2, 0.25) is 0 Å². The van der Waals surface area contributed by atoms with Gasteiger partial charge in [0.15, 0.2) is 0 Å². The van der Waals surface area contributed by atoms with E-state index in [9.17, 15) is 5.11 Å². The normalized spacial score (nSPS) is 12.1. The molecular formula is C7H10ClN3O. The van der Waals surface area contributed by atoms with Crippen molar-refractivity contribution in [1.82, 2.24) is 4.57 Å². The van der Waals surface area contributed by atoms with Crippen LogP contribution in [0.5, 0.6) is 0 Å². The second kappa shape index (κ2) is 3.58. The molecule has 0 fully saturated rings. The van der Waals surface area contributed by atoms with E-state index in [2.05, 4.69) is 4.99 Å². The van der Waals surface area contributed by atoms with Gasteiger partial charge in [-0.05, 0) is 0 Å². The third-order valence-corrected chi connectivity index (χ3v) is 1.70. The first kappa shape index (κ1) is 9.06. The van der Waals surface area contributed by atoms with E-state index in [1.807, 2.05) is 0 Å². The Hall–Kier alpha value is -1.03. The molecule has 1 rings (SSSR count). The summed E-state index contributed by atoms with van der Waals surface area (Å²) in [5, 5.41) is 11.3. The molecule has 0 bridgehead atoms. The molecule has 5 heteroatoms. The predicted octanol–water partition coefficient (Wildman–Crippen LogP) is -0.847. The van der Waals surface area contributed by atoms with E-state index in [-0.39, 0.29) is 11.9 Å². The summed E-state index contributed by atoms with van der Waals surface area (Å²) in [5.41, 5.74) is 0. The number of aliphatic imine (C=N–C) groups is 1. The molecule has 0 saturated carbocycles. The third-order valence-electron chi connectivity index (χ3n) is 1.58. The fourth-order valence-electron chi connectivity index (χ4n) is 1.02. The first-order valence-corrected chi connectivity index (χ1v) is 3.99. The van der Waals surface area contributed by atoms with E-state index in [1.54, 1.807) is 35.6 Å². The molecule has 0 radical (unpaired) electrons. The highest BCUT2D eigenvalue weighted by Gasteiger charge is 2.10. The number of hydrogen-bond acceptors (Lipinski definition) is 2. The number of alkyl halides is 1. The van der Waals surface area contributed by atoms with Crippen molar-refractivity contribution in [2.24, 2.45) is 19.1 Å². The summed E-state index contributed by atoms with van der Waals surface area (Å²) < 4.78 is 3.41. The first-order valence-electron chi connectivity index (χ1n) is 3.45. The standard InChI is InChI=1S/C7H10ClN3O/c1-10-3-4-11(2)7(10)6(12)9-5-8/h3-4H,5H2,1-2H3. The summed E-state index contributed by atoms with van der Waals surface area (Å²) >= 11 is 5.31. The van der Waals surface area contributed by atoms with Crippen molar-refractivity contribution in [3.63, 3.8) is 0 Å². The van der Waals surface area contributed by atoms with Crippen molar-refractivity contribution in [3.05, 3.63) is 18.2 Å². The second-order valence-electron chi connectivity index (χ2n) is 2.43. The van der Waals surface area contributed by atoms with Gasteiger partial charge in [-0.2, -0.15) is 0 Å². The van der Waals surface area contributed by atoms with Crippen molar-refractivity contribution in [3.8, 4) is 0 Å². The van der Waals surface area contributed by atoms with Gasteiger partial charge in [-0.1, -0.05) is 0 Å². The Labute approximate surface area is 75.7 Å². The molecule has 0 aliphatic carbocycles. The summed E-state index contributed by atoms with van der Waals surface area (Å²) in [6.07, 6.45) is 3.58. The van der Waals surface area contributed by atoms with Crippen LogP contribution >= 0.6 is 11.6 Å². The number of halogens is 1. The van der Waals surface area contributed by atoms with Gasteiger partial charge >= 0.3 is 0 Å². The zero-order valence-electron chi connectivity index (χ0n) is 6.99. The minimum Gasteiger partial charge on any atom is -0.853 e. The number of aryl methyl sites for hydroxylation is 2. The van der Waals surface area contributed by atoms with E-state index in [4.69, 9.17) is 11.6 Å². The van der Waals surface area contributed by atoms with Crippen LogP contribution in [0.1, 0.15) is 5.82 Å². The number of nitrogens with zero attached hydrogens (tertiary/aromatic N) is 3. The Bertz CT molecular complexity index is 286. The topological polar surface area (TPSA) is 44.2 Å². The molecule has 0 aliphatic rings. The van der Waals surface area contributed by atoms with Gasteiger partial charge in [0.05, 0.1) is 20.0 Å². The van der Waals surface area contributed by atoms with E-state index < -0.39 is 0 Å². The fourth-order valence-corrected chi connectivity index (χ4v) is 1.13. The lowest BCUT2D eigenvalue weighted by molar-refractivity contribution is -0.674. The quantitative estimate of drug-likeness (QED) is 0.196. The Kier molecular flexibility index (Phi) is 2.70. The van der Waals surface area contributed by atoms with Crippen LogP contribution in [0.3, 0.4) is 0 Å². The lowest BCUT2D eigenvalue weighted by Gasteiger charge is -2.05. The molecule has 0 atom stereocenters. The number of aromatic nitrogens is 2. The molecule has 0 aromatic carbocycles. The largest absolute Gasteiger partial charge is 0.853 e. The molecule has 0 aliphatic heterocycles. The first-order chi connectivity index (χ1) is 5.66. The second-order valence-corrected chi connectivity index (χ2v) is 2.67. The van der Waals surface area contributed by atoms with Crippen molar-refractivity contribution in [2.75, 3.05) is 6.00 Å². The Balaban J connectivity index is 3.09. The highest BCUT2D eigenvalue weighted by Crippen LogP contribution is 1.91. The summed E-state index contributed by atoms with van der Waals surface area (Å²) in [6, 6.07) is 0.00398. The van der Waals surface area contributed by atoms with E-state index in [0.717, 1.165) is 0 Å².